The molecular formula is C18H22N4O2. The Morgan fingerprint density at radius 1 is 1.08 bits per heavy atom. The molecular weight excluding hydrogens is 304 g/mol. The minimum atomic E-state index is -0.318. The van der Waals surface area contributed by atoms with Crippen LogP contribution in [-0.2, 0) is 9.53 Å². The molecule has 3 aromatic rings. The molecule has 126 valence electrons. The number of benzene rings is 2. The Bertz CT molecular complexity index is 817. The fraction of sp³-hybridized carbons (Fsp3) is 0.222. The quantitative estimate of drug-likeness (QED) is 0.494. The lowest BCUT2D eigenvalue weighted by Gasteiger charge is -2.14. The second-order valence-corrected chi connectivity index (χ2v) is 6.29. The first-order valence-corrected chi connectivity index (χ1v) is 7.52. The molecule has 0 fully saturated rings. The Labute approximate surface area is 140 Å². The molecule has 0 aliphatic carbocycles. The van der Waals surface area contributed by atoms with E-state index in [1.807, 2.05) is 63.2 Å². The molecule has 1 aromatic heterocycles. The summed E-state index contributed by atoms with van der Waals surface area (Å²) < 4.78 is 4.55. The smallest absolute Gasteiger partial charge is 0.293 e. The van der Waals surface area contributed by atoms with Crippen LogP contribution in [-0.4, -0.2) is 22.3 Å². The highest BCUT2D eigenvalue weighted by atomic mass is 16.5. The molecule has 6 nitrogen and oxygen atoms in total. The number of H-pyrrole nitrogens is 1. The first-order chi connectivity index (χ1) is 11.3. The van der Waals surface area contributed by atoms with Gasteiger partial charge < -0.3 is 16.2 Å². The summed E-state index contributed by atoms with van der Waals surface area (Å²) in [6.45, 7) is 5.92. The summed E-state index contributed by atoms with van der Waals surface area (Å²) in [4.78, 5) is 9.60. The Balaban J connectivity index is 0.000000256. The molecule has 1 heterocycles. The molecule has 0 saturated carbocycles. The summed E-state index contributed by atoms with van der Waals surface area (Å²) in [5.41, 5.74) is 15.1. The van der Waals surface area contributed by atoms with E-state index in [2.05, 4.69) is 14.9 Å². The Kier molecular flexibility index (Phi) is 5.08. The van der Waals surface area contributed by atoms with Crippen molar-refractivity contribution >= 4 is 28.9 Å². The number of hydrogen-bond acceptors (Lipinski definition) is 5. The third-order valence-corrected chi connectivity index (χ3v) is 3.24. The van der Waals surface area contributed by atoms with Gasteiger partial charge in [0.25, 0.3) is 6.47 Å². The molecule has 0 atom stereocenters. The van der Waals surface area contributed by atoms with Crippen LogP contribution in [0.2, 0.25) is 0 Å². The van der Waals surface area contributed by atoms with E-state index in [1.165, 1.54) is 0 Å². The highest BCUT2D eigenvalue weighted by Crippen LogP contribution is 2.31. The van der Waals surface area contributed by atoms with E-state index < -0.39 is 0 Å². The van der Waals surface area contributed by atoms with Crippen molar-refractivity contribution in [3.05, 3.63) is 42.5 Å². The van der Waals surface area contributed by atoms with Gasteiger partial charge in [-0.15, -0.1) is 0 Å². The van der Waals surface area contributed by atoms with Crippen LogP contribution in [0.15, 0.2) is 42.5 Å². The van der Waals surface area contributed by atoms with E-state index in [-0.39, 0.29) is 5.60 Å². The van der Waals surface area contributed by atoms with Gasteiger partial charge in [0.15, 0.2) is 5.82 Å². The maximum Gasteiger partial charge on any atom is 0.293 e. The van der Waals surface area contributed by atoms with Crippen LogP contribution >= 0.6 is 0 Å². The minimum Gasteiger partial charge on any atom is -0.462 e. The van der Waals surface area contributed by atoms with Crippen LogP contribution in [0.25, 0.3) is 22.0 Å². The lowest BCUT2D eigenvalue weighted by atomic mass is 10.0. The van der Waals surface area contributed by atoms with Gasteiger partial charge in [0, 0.05) is 5.69 Å². The van der Waals surface area contributed by atoms with E-state index >= 15 is 0 Å². The third kappa shape index (κ3) is 4.25. The highest BCUT2D eigenvalue weighted by Gasteiger charge is 2.09. The van der Waals surface area contributed by atoms with Gasteiger partial charge >= 0.3 is 0 Å². The number of nitrogens with zero attached hydrogens (tertiary/aromatic N) is 1. The van der Waals surface area contributed by atoms with Crippen molar-refractivity contribution in [2.24, 2.45) is 0 Å². The predicted octanol–water partition coefficient (Wildman–Crippen LogP) is 3.35. The van der Waals surface area contributed by atoms with Crippen molar-refractivity contribution in [3.8, 4) is 11.1 Å². The van der Waals surface area contributed by atoms with Gasteiger partial charge in [0.1, 0.15) is 5.60 Å². The van der Waals surface area contributed by atoms with Crippen LogP contribution in [0.4, 0.5) is 11.5 Å². The van der Waals surface area contributed by atoms with Crippen LogP contribution in [0.1, 0.15) is 20.8 Å². The van der Waals surface area contributed by atoms with Crippen molar-refractivity contribution in [2.75, 3.05) is 11.5 Å². The number of aromatic amines is 1. The average molecular weight is 326 g/mol. The number of nitrogens with two attached hydrogens (primary N) is 2. The molecule has 0 aliphatic heterocycles. The van der Waals surface area contributed by atoms with Gasteiger partial charge in [-0.1, -0.05) is 24.3 Å². The van der Waals surface area contributed by atoms with Gasteiger partial charge in [-0.05, 0) is 50.1 Å². The van der Waals surface area contributed by atoms with Crippen LogP contribution in [0.3, 0.4) is 0 Å². The molecule has 0 aliphatic rings. The molecule has 0 saturated heterocycles. The molecule has 5 N–H and O–H groups in total. The fourth-order valence-electron chi connectivity index (χ4n) is 2.15. The van der Waals surface area contributed by atoms with Crippen molar-refractivity contribution in [1.29, 1.82) is 0 Å². The number of carbonyl (C=O) groups is 1. The van der Waals surface area contributed by atoms with E-state index in [9.17, 15) is 4.79 Å². The number of carbonyl (C=O) groups excluding carboxylic acids is 1. The molecule has 0 radical (unpaired) electrons. The van der Waals surface area contributed by atoms with Crippen LogP contribution in [0.5, 0.6) is 0 Å². The highest BCUT2D eigenvalue weighted by molar-refractivity contribution is 6.01. The predicted molar refractivity (Wildman–Crippen MR) is 97.3 cm³/mol. The van der Waals surface area contributed by atoms with Gasteiger partial charge in [0.2, 0.25) is 0 Å². The summed E-state index contributed by atoms with van der Waals surface area (Å²) in [5, 5.41) is 7.89. The maximum atomic E-state index is 9.60. The molecule has 0 spiro atoms. The first kappa shape index (κ1) is 17.3. The van der Waals surface area contributed by atoms with E-state index in [0.29, 0.717) is 12.3 Å². The summed E-state index contributed by atoms with van der Waals surface area (Å²) in [6, 6.07) is 13.7. The summed E-state index contributed by atoms with van der Waals surface area (Å²) in [6.07, 6.45) is 0. The van der Waals surface area contributed by atoms with Gasteiger partial charge in [0.05, 0.1) is 10.9 Å². The first-order valence-electron chi connectivity index (χ1n) is 7.52. The number of nitrogen functional groups attached to an aromatic ring is 2. The zero-order valence-electron chi connectivity index (χ0n) is 14.0. The Morgan fingerprint density at radius 3 is 2.29 bits per heavy atom. The second kappa shape index (κ2) is 7.04. The average Bonchev–Trinajstić information content (AvgIpc) is 2.89. The number of nitrogens with one attached hydrogen (secondary N) is 1. The molecule has 0 unspecified atom stereocenters. The SMILES string of the molecule is CC(C)(C)OC=O.Nc1ccc(-c2cccc3[nH]nc(N)c23)cc1. The topological polar surface area (TPSA) is 107 Å². The van der Waals surface area contributed by atoms with Crippen LogP contribution in [0, 0.1) is 0 Å². The van der Waals surface area contributed by atoms with E-state index in [1.54, 1.807) is 0 Å². The van der Waals surface area contributed by atoms with Crippen LogP contribution < -0.4 is 11.5 Å². The fourth-order valence-corrected chi connectivity index (χ4v) is 2.15. The molecule has 24 heavy (non-hydrogen) atoms. The number of aromatic nitrogens is 2. The third-order valence-electron chi connectivity index (χ3n) is 3.24. The molecule has 0 bridgehead atoms. The number of ether oxygens (including phenoxy) is 1. The number of anilines is 2. The normalized spacial score (nSPS) is 10.8. The Hall–Kier alpha value is -3.02. The molecule has 0 amide bonds. The van der Waals surface area contributed by atoms with Gasteiger partial charge in [-0.25, -0.2) is 0 Å². The zero-order chi connectivity index (χ0) is 17.7. The lowest BCUT2D eigenvalue weighted by Crippen LogP contribution is -2.17. The monoisotopic (exact) mass is 326 g/mol. The van der Waals surface area contributed by atoms with Gasteiger partial charge in [-0.2, -0.15) is 5.10 Å². The van der Waals surface area contributed by atoms with E-state index in [0.717, 1.165) is 27.7 Å². The maximum absolute atomic E-state index is 9.60. The minimum absolute atomic E-state index is 0.318. The molecule has 2 aromatic carbocycles. The van der Waals surface area contributed by atoms with Crippen molar-refractivity contribution in [2.45, 2.75) is 26.4 Å². The summed E-state index contributed by atoms with van der Waals surface area (Å²) in [7, 11) is 0. The zero-order valence-corrected chi connectivity index (χ0v) is 14.0. The number of fused-ring (bicyclic) bond motifs is 1. The molecule has 6 heteroatoms. The summed E-state index contributed by atoms with van der Waals surface area (Å²) >= 11 is 0. The number of rotatable bonds is 2. The Morgan fingerprint density at radius 2 is 1.75 bits per heavy atom. The standard InChI is InChI=1S/C13H12N4.C5H10O2/c14-9-6-4-8(5-7-9)10-2-1-3-11-12(10)13(15)17-16-11;1-5(2,3)7-4-6/h1-7H,14H2,(H3,15,16,17);4H,1-3H3. The molecule has 3 rings (SSSR count). The van der Waals surface area contributed by atoms with Crippen molar-refractivity contribution in [1.82, 2.24) is 10.2 Å². The number of hydrogen-bond donors (Lipinski definition) is 3. The van der Waals surface area contributed by atoms with Crippen molar-refractivity contribution < 1.29 is 9.53 Å². The lowest BCUT2D eigenvalue weighted by molar-refractivity contribution is -0.138. The largest absolute Gasteiger partial charge is 0.462 e. The van der Waals surface area contributed by atoms with Gasteiger partial charge in [-0.3, -0.25) is 9.89 Å². The van der Waals surface area contributed by atoms with E-state index in [4.69, 9.17) is 11.5 Å². The van der Waals surface area contributed by atoms with Crippen molar-refractivity contribution in [3.63, 3.8) is 0 Å². The summed E-state index contributed by atoms with van der Waals surface area (Å²) in [5.74, 6) is 0.521. The second-order valence-electron chi connectivity index (χ2n) is 6.29.